The summed E-state index contributed by atoms with van der Waals surface area (Å²) >= 11 is 0. The van der Waals surface area contributed by atoms with Crippen molar-refractivity contribution in [2.75, 3.05) is 25.2 Å². The number of carbonyl (C=O) groups is 2. The van der Waals surface area contributed by atoms with E-state index >= 15 is 4.79 Å². The Labute approximate surface area is 332 Å². The number of hydrogen-bond donors (Lipinski definition) is 1. The molecular formula is C46H46N4O6Si. The molecule has 10 nitrogen and oxygen atoms in total. The van der Waals surface area contributed by atoms with Crippen molar-refractivity contribution < 1.29 is 24.2 Å². The van der Waals surface area contributed by atoms with Gasteiger partial charge in [-0.2, -0.15) is 9.78 Å². The first-order chi connectivity index (χ1) is 27.6. The van der Waals surface area contributed by atoms with Crippen LogP contribution in [0.5, 0.6) is 5.75 Å². The third-order valence-corrected chi connectivity index (χ3v) is 16.4. The summed E-state index contributed by atoms with van der Waals surface area (Å²) in [6.45, 7) is 6.92. The lowest BCUT2D eigenvalue weighted by atomic mass is 9.82. The Morgan fingerprint density at radius 1 is 0.895 bits per heavy atom. The van der Waals surface area contributed by atoms with Gasteiger partial charge in [-0.15, -0.1) is 0 Å². The lowest BCUT2D eigenvalue weighted by Gasteiger charge is -2.37. The normalized spacial score (nSPS) is 20.3. The van der Waals surface area contributed by atoms with Crippen LogP contribution in [0.1, 0.15) is 24.5 Å². The lowest BCUT2D eigenvalue weighted by molar-refractivity contribution is -0.149. The molecule has 1 saturated heterocycles. The first-order valence-corrected chi connectivity index (χ1v) is 22.4. The van der Waals surface area contributed by atoms with Crippen LogP contribution in [0.25, 0.3) is 16.5 Å². The van der Waals surface area contributed by atoms with Gasteiger partial charge < -0.3 is 19.5 Å². The summed E-state index contributed by atoms with van der Waals surface area (Å²) < 4.78 is 14.2. The van der Waals surface area contributed by atoms with E-state index in [1.54, 1.807) is 29.2 Å². The molecule has 6 aromatic rings. The molecule has 1 spiro atoms. The Balaban J connectivity index is 1.28. The second-order valence-electron chi connectivity index (χ2n) is 15.5. The molecule has 0 saturated carbocycles. The van der Waals surface area contributed by atoms with Gasteiger partial charge in [0.05, 0.1) is 57.3 Å². The van der Waals surface area contributed by atoms with E-state index in [-0.39, 0.29) is 42.5 Å². The molecule has 8 rings (SSSR count). The summed E-state index contributed by atoms with van der Waals surface area (Å²) in [5, 5.41) is 17.0. The molecular weight excluding hydrogens is 733 g/mol. The number of nitrogens with zero attached hydrogens (tertiary/aromatic N) is 4. The Morgan fingerprint density at radius 2 is 1.58 bits per heavy atom. The SMILES string of the molecule is COc1ccc([Si](C)(C)[C@H]2[C@H](CC(=O)N(CCO)Cc3ccccc3)O[C@@]3(C(=O)N(c4ccccc4)c4ccc(-n5ncc6ccccc6c5=O)cc43)[C@@H]2C)cc1. The van der Waals surface area contributed by atoms with Crippen molar-refractivity contribution in [1.29, 1.82) is 0 Å². The summed E-state index contributed by atoms with van der Waals surface area (Å²) in [4.78, 5) is 47.2. The minimum atomic E-state index is -2.60. The number of carbonyl (C=O) groups excluding carboxylic acids is 2. The number of rotatable bonds is 11. The predicted octanol–water partition coefficient (Wildman–Crippen LogP) is 6.70. The van der Waals surface area contributed by atoms with Crippen LogP contribution in [-0.2, 0) is 26.5 Å². The topological polar surface area (TPSA) is 114 Å². The second kappa shape index (κ2) is 15.2. The average molecular weight is 779 g/mol. The van der Waals surface area contributed by atoms with Gasteiger partial charge in [0.1, 0.15) is 5.75 Å². The fourth-order valence-electron chi connectivity index (χ4n) is 9.18. The zero-order valence-corrected chi connectivity index (χ0v) is 33.5. The number of anilines is 2. The highest BCUT2D eigenvalue weighted by Crippen LogP contribution is 2.61. The van der Waals surface area contributed by atoms with Crippen molar-refractivity contribution >= 4 is 47.2 Å². The van der Waals surface area contributed by atoms with Crippen LogP contribution in [0.2, 0.25) is 18.6 Å². The maximum atomic E-state index is 15.5. The number of amides is 2. The van der Waals surface area contributed by atoms with Crippen molar-refractivity contribution in [1.82, 2.24) is 14.7 Å². The fraction of sp³-hybridized carbons (Fsp3) is 0.261. The summed E-state index contributed by atoms with van der Waals surface area (Å²) in [5.41, 5.74) is 1.41. The van der Waals surface area contributed by atoms with Gasteiger partial charge in [-0.05, 0) is 59.6 Å². The van der Waals surface area contributed by atoms with Gasteiger partial charge in [0.25, 0.3) is 11.5 Å². The third kappa shape index (κ3) is 6.55. The molecule has 5 aromatic carbocycles. The highest BCUT2D eigenvalue weighted by Gasteiger charge is 2.67. The zero-order chi connectivity index (χ0) is 39.9. The van der Waals surface area contributed by atoms with Crippen molar-refractivity contribution in [3.05, 3.63) is 155 Å². The van der Waals surface area contributed by atoms with Crippen LogP contribution >= 0.6 is 0 Å². The van der Waals surface area contributed by atoms with Crippen LogP contribution in [0.3, 0.4) is 0 Å². The van der Waals surface area contributed by atoms with Gasteiger partial charge in [0.15, 0.2) is 5.60 Å². The van der Waals surface area contributed by atoms with Crippen molar-refractivity contribution in [2.24, 2.45) is 5.92 Å². The highest BCUT2D eigenvalue weighted by atomic mass is 28.3. The molecule has 2 aliphatic heterocycles. The number of benzene rings is 5. The number of aromatic nitrogens is 2. The average Bonchev–Trinajstić information content (AvgIpc) is 3.67. The molecule has 1 fully saturated rings. The Morgan fingerprint density at radius 3 is 2.28 bits per heavy atom. The third-order valence-electron chi connectivity index (χ3n) is 12.0. The molecule has 1 aromatic heterocycles. The van der Waals surface area contributed by atoms with Crippen molar-refractivity contribution in [3.63, 3.8) is 0 Å². The van der Waals surface area contributed by atoms with Crippen LogP contribution < -0.4 is 20.4 Å². The highest BCUT2D eigenvalue weighted by molar-refractivity contribution is 6.91. The number of methoxy groups -OCH3 is 1. The largest absolute Gasteiger partial charge is 0.497 e. The van der Waals surface area contributed by atoms with Gasteiger partial charge >= 0.3 is 0 Å². The monoisotopic (exact) mass is 778 g/mol. The number of aliphatic hydroxyl groups excluding tert-OH is 1. The molecule has 0 aliphatic carbocycles. The molecule has 1 N–H and O–H groups in total. The van der Waals surface area contributed by atoms with E-state index in [1.165, 1.54) is 4.68 Å². The quantitative estimate of drug-likeness (QED) is 0.146. The molecule has 57 heavy (non-hydrogen) atoms. The molecule has 0 bridgehead atoms. The molecule has 290 valence electrons. The van der Waals surface area contributed by atoms with E-state index in [0.717, 1.165) is 21.9 Å². The van der Waals surface area contributed by atoms with Crippen molar-refractivity contribution in [2.45, 2.75) is 50.2 Å². The minimum Gasteiger partial charge on any atom is -0.497 e. The number of aliphatic hydroxyl groups is 1. The van der Waals surface area contributed by atoms with Gasteiger partial charge in [-0.1, -0.05) is 104 Å². The Bertz CT molecular complexity index is 2490. The van der Waals surface area contributed by atoms with Crippen LogP contribution in [0.4, 0.5) is 11.4 Å². The Hall–Kier alpha value is -5.88. The minimum absolute atomic E-state index is 0.00943. The van der Waals surface area contributed by atoms with E-state index < -0.39 is 25.7 Å². The summed E-state index contributed by atoms with van der Waals surface area (Å²) in [7, 11) is -0.964. The smallest absolute Gasteiger partial charge is 0.279 e. The maximum Gasteiger partial charge on any atom is 0.279 e. The first-order valence-electron chi connectivity index (χ1n) is 19.3. The van der Waals surface area contributed by atoms with E-state index in [9.17, 15) is 14.7 Å². The first kappa shape index (κ1) is 38.0. The molecule has 0 unspecified atom stereocenters. The number of fused-ring (bicyclic) bond motifs is 3. The summed E-state index contributed by atoms with van der Waals surface area (Å²) in [6, 6.07) is 40.2. The maximum absolute atomic E-state index is 15.5. The van der Waals surface area contributed by atoms with E-state index in [0.29, 0.717) is 34.6 Å². The summed E-state index contributed by atoms with van der Waals surface area (Å²) in [6.07, 6.45) is 1.02. The fourth-order valence-corrected chi connectivity index (χ4v) is 13.2. The van der Waals surface area contributed by atoms with Crippen LogP contribution in [0.15, 0.2) is 138 Å². The zero-order valence-electron chi connectivity index (χ0n) is 32.5. The van der Waals surface area contributed by atoms with Gasteiger partial charge in [-0.25, -0.2) is 0 Å². The van der Waals surface area contributed by atoms with E-state index in [4.69, 9.17) is 9.47 Å². The van der Waals surface area contributed by atoms with E-state index in [1.807, 2.05) is 109 Å². The van der Waals surface area contributed by atoms with Gasteiger partial charge in [-0.3, -0.25) is 19.3 Å². The number of hydrogen-bond acceptors (Lipinski definition) is 7. The number of para-hydroxylation sites is 1. The van der Waals surface area contributed by atoms with E-state index in [2.05, 4.69) is 37.2 Å². The molecule has 11 heteroatoms. The van der Waals surface area contributed by atoms with Gasteiger partial charge in [0.2, 0.25) is 5.91 Å². The van der Waals surface area contributed by atoms with Gasteiger partial charge in [0, 0.05) is 35.6 Å². The molecule has 0 radical (unpaired) electrons. The lowest BCUT2D eigenvalue weighted by Crippen LogP contribution is -2.52. The molecule has 3 heterocycles. The van der Waals surface area contributed by atoms with Crippen LogP contribution in [0, 0.1) is 5.92 Å². The molecule has 2 amide bonds. The molecule has 2 aliphatic rings. The van der Waals surface area contributed by atoms with Crippen molar-refractivity contribution in [3.8, 4) is 11.4 Å². The Kier molecular flexibility index (Phi) is 10.2. The van der Waals surface area contributed by atoms with Crippen LogP contribution in [-0.4, -0.2) is 66.0 Å². The molecule has 4 atom stereocenters. The second-order valence-corrected chi connectivity index (χ2v) is 20.2. The number of ether oxygens (including phenoxy) is 2. The standard InChI is InChI=1S/C46H46N4O6Si/c1-31-43(57(3,4)37-22-20-36(55-2)21-23-37)41(28-42(52)48(25-26-51)30-32-13-7-5-8-14-32)56-46(31)39-27-35(50-44(53)38-18-12-11-15-33(38)29-47-50)19-24-40(39)49(45(46)54)34-16-9-6-10-17-34/h5-24,27,29,31,41,43,51H,25-26,28,30H2,1-4H3/t31-,41+,43-,46+/m1/s1. The predicted molar refractivity (Wildman–Crippen MR) is 224 cm³/mol. The summed E-state index contributed by atoms with van der Waals surface area (Å²) in [5.74, 6) is -0.0800.